The summed E-state index contributed by atoms with van der Waals surface area (Å²) in [6, 6.07) is 23.6. The van der Waals surface area contributed by atoms with Crippen LogP contribution in [-0.4, -0.2) is 28.2 Å². The second kappa shape index (κ2) is 11.9. The Morgan fingerprint density at radius 2 is 1.64 bits per heavy atom. The second-order valence-corrected chi connectivity index (χ2v) is 9.89. The van der Waals surface area contributed by atoms with Gasteiger partial charge in [-0.05, 0) is 66.4 Å². The van der Waals surface area contributed by atoms with E-state index in [0.717, 1.165) is 34.5 Å². The fourth-order valence-electron chi connectivity index (χ4n) is 4.78. The van der Waals surface area contributed by atoms with Crippen LogP contribution >= 0.6 is 0 Å². The molecule has 214 valence electrons. The Kier molecular flexibility index (Phi) is 8.10. The van der Waals surface area contributed by atoms with Crippen molar-refractivity contribution in [3.63, 3.8) is 0 Å². The van der Waals surface area contributed by atoms with Gasteiger partial charge in [-0.1, -0.05) is 48.5 Å². The normalized spacial score (nSPS) is 11.5. The fourth-order valence-corrected chi connectivity index (χ4v) is 4.78. The molecule has 0 aliphatic rings. The van der Waals surface area contributed by atoms with Gasteiger partial charge in [-0.25, -0.2) is 4.98 Å². The summed E-state index contributed by atoms with van der Waals surface area (Å²) in [6.45, 7) is 1.51. The van der Waals surface area contributed by atoms with Crippen LogP contribution in [0.5, 0.6) is 5.75 Å². The van der Waals surface area contributed by atoms with Crippen molar-refractivity contribution < 1.29 is 27.5 Å². The van der Waals surface area contributed by atoms with Crippen molar-refractivity contribution in [2.75, 3.05) is 7.11 Å². The summed E-state index contributed by atoms with van der Waals surface area (Å²) in [4.78, 5) is 29.4. The van der Waals surface area contributed by atoms with Gasteiger partial charge in [0.05, 0.1) is 24.1 Å². The van der Waals surface area contributed by atoms with Gasteiger partial charge in [0, 0.05) is 30.3 Å². The van der Waals surface area contributed by atoms with E-state index >= 15 is 0 Å². The Morgan fingerprint density at radius 3 is 2.36 bits per heavy atom. The van der Waals surface area contributed by atoms with E-state index < -0.39 is 11.7 Å². The molecule has 9 heteroatoms. The molecular weight excluding hydrogens is 543 g/mol. The number of alkyl halides is 3. The third-order valence-electron chi connectivity index (χ3n) is 7.02. The van der Waals surface area contributed by atoms with Crippen LogP contribution < -0.4 is 10.1 Å². The highest BCUT2D eigenvalue weighted by atomic mass is 19.4. The predicted molar refractivity (Wildman–Crippen MR) is 154 cm³/mol. The van der Waals surface area contributed by atoms with Crippen LogP contribution in [0.25, 0.3) is 28.0 Å². The van der Waals surface area contributed by atoms with Crippen molar-refractivity contribution in [2.45, 2.75) is 32.5 Å². The summed E-state index contributed by atoms with van der Waals surface area (Å²) in [7, 11) is 1.59. The zero-order valence-corrected chi connectivity index (χ0v) is 23.0. The number of benzene rings is 3. The Balaban J connectivity index is 1.43. The molecule has 0 aliphatic heterocycles. The molecule has 0 bridgehead atoms. The van der Waals surface area contributed by atoms with Crippen LogP contribution in [0.2, 0.25) is 0 Å². The van der Waals surface area contributed by atoms with Gasteiger partial charge in [-0.2, -0.15) is 13.2 Å². The van der Waals surface area contributed by atoms with Gasteiger partial charge < -0.3 is 14.5 Å². The number of aryl methyl sites for hydroxylation is 1. The lowest BCUT2D eigenvalue weighted by Gasteiger charge is -2.11. The molecule has 2 aromatic heterocycles. The first-order valence-electron chi connectivity index (χ1n) is 13.3. The van der Waals surface area contributed by atoms with Gasteiger partial charge in [0.25, 0.3) is 0 Å². The van der Waals surface area contributed by atoms with Crippen LogP contribution in [-0.2, 0) is 23.9 Å². The number of nitrogens with zero attached hydrogens (tertiary/aromatic N) is 2. The summed E-state index contributed by atoms with van der Waals surface area (Å²) in [5.74, 6) is 0.360. The lowest BCUT2D eigenvalue weighted by molar-refractivity contribution is -0.137. The van der Waals surface area contributed by atoms with Gasteiger partial charge in [-0.3, -0.25) is 9.59 Å². The van der Waals surface area contributed by atoms with E-state index in [1.807, 2.05) is 59.1 Å². The van der Waals surface area contributed by atoms with Gasteiger partial charge in [0.2, 0.25) is 5.91 Å². The van der Waals surface area contributed by atoms with Crippen molar-refractivity contribution >= 4 is 17.3 Å². The summed E-state index contributed by atoms with van der Waals surface area (Å²) >= 11 is 0. The number of aromatic nitrogens is 2. The summed E-state index contributed by atoms with van der Waals surface area (Å²) in [5.41, 5.74) is 5.07. The third-order valence-corrected chi connectivity index (χ3v) is 7.02. The minimum atomic E-state index is -4.45. The predicted octanol–water partition coefficient (Wildman–Crippen LogP) is 7.15. The molecule has 0 saturated carbocycles. The first kappa shape index (κ1) is 28.6. The van der Waals surface area contributed by atoms with Gasteiger partial charge >= 0.3 is 6.18 Å². The third kappa shape index (κ3) is 6.35. The average molecular weight is 572 g/mol. The Morgan fingerprint density at radius 1 is 0.905 bits per heavy atom. The average Bonchev–Trinajstić information content (AvgIpc) is 3.36. The minimum Gasteiger partial charge on any atom is -0.497 e. The zero-order valence-electron chi connectivity index (χ0n) is 23.0. The number of ether oxygens (including phenoxy) is 1. The summed E-state index contributed by atoms with van der Waals surface area (Å²) in [6.07, 6.45) is -2.07. The van der Waals surface area contributed by atoms with Crippen molar-refractivity contribution in [3.05, 3.63) is 114 Å². The maximum atomic E-state index is 13.1. The van der Waals surface area contributed by atoms with E-state index in [4.69, 9.17) is 9.72 Å². The Hall–Kier alpha value is -4.92. The number of fused-ring (bicyclic) bond motifs is 1. The largest absolute Gasteiger partial charge is 0.497 e. The number of methoxy groups -OCH3 is 1. The highest BCUT2D eigenvalue weighted by molar-refractivity contribution is 5.94. The highest BCUT2D eigenvalue weighted by Crippen LogP contribution is 2.31. The summed E-state index contributed by atoms with van der Waals surface area (Å²) in [5, 5.41) is 2.73. The Bertz CT molecular complexity index is 1760. The number of Topliss-reactive ketones (excluding diaryl/α,β-unsaturated/α-hetero) is 1. The number of ketones is 1. The van der Waals surface area contributed by atoms with Crippen molar-refractivity contribution in [2.24, 2.45) is 0 Å². The number of hydrogen-bond acceptors (Lipinski definition) is 4. The van der Waals surface area contributed by atoms with Gasteiger partial charge in [-0.15, -0.1) is 0 Å². The zero-order chi connectivity index (χ0) is 29.9. The SMILES string of the molecule is COc1cccc(-c2nc3ccc(-c4ccc(C(C)=O)cc4)cn3c2CCC(=O)NCc2cccc(C(F)(F)F)c2)c1. The number of nitrogens with one attached hydrogen (secondary N) is 1. The number of hydrogen-bond donors (Lipinski definition) is 1. The monoisotopic (exact) mass is 571 g/mol. The number of rotatable bonds is 9. The maximum Gasteiger partial charge on any atom is 0.416 e. The van der Waals surface area contributed by atoms with E-state index in [9.17, 15) is 22.8 Å². The van der Waals surface area contributed by atoms with Crippen LogP contribution in [0.4, 0.5) is 13.2 Å². The number of amides is 1. The molecular formula is C33H28F3N3O3. The van der Waals surface area contributed by atoms with Crippen molar-refractivity contribution in [1.29, 1.82) is 0 Å². The van der Waals surface area contributed by atoms with Crippen LogP contribution in [0.1, 0.15) is 40.5 Å². The molecule has 0 aliphatic carbocycles. The molecule has 1 N–H and O–H groups in total. The van der Waals surface area contributed by atoms with Gasteiger partial charge in [0.1, 0.15) is 11.4 Å². The molecule has 0 saturated heterocycles. The number of halogens is 3. The number of carbonyl (C=O) groups is 2. The number of imidazole rings is 1. The molecule has 6 nitrogen and oxygen atoms in total. The molecule has 5 rings (SSSR count). The molecule has 0 radical (unpaired) electrons. The van der Waals surface area contributed by atoms with E-state index in [0.29, 0.717) is 34.6 Å². The van der Waals surface area contributed by atoms with Crippen LogP contribution in [0, 0.1) is 0 Å². The molecule has 0 atom stereocenters. The Labute approximate surface area is 240 Å². The number of carbonyl (C=O) groups excluding carboxylic acids is 2. The van der Waals surface area contributed by atoms with E-state index in [2.05, 4.69) is 5.32 Å². The van der Waals surface area contributed by atoms with Crippen molar-refractivity contribution in [3.8, 4) is 28.1 Å². The molecule has 0 unspecified atom stereocenters. The highest BCUT2D eigenvalue weighted by Gasteiger charge is 2.30. The quantitative estimate of drug-likeness (QED) is 0.191. The molecule has 5 aromatic rings. The molecule has 1 amide bonds. The minimum absolute atomic E-state index is 0.0110. The van der Waals surface area contributed by atoms with E-state index in [1.165, 1.54) is 13.0 Å². The molecule has 0 fully saturated rings. The molecule has 42 heavy (non-hydrogen) atoms. The standard InChI is InChI=1S/C33H28F3N3O3/c1-21(40)23-9-11-24(12-10-23)26-13-15-30-38-32(25-6-4-8-28(18-25)42-2)29(39(30)20-26)14-16-31(41)37-19-22-5-3-7-27(17-22)33(34,35)36/h3-13,15,17-18,20H,14,16,19H2,1-2H3,(H,37,41). The maximum absolute atomic E-state index is 13.1. The van der Waals surface area contributed by atoms with Crippen LogP contribution in [0.15, 0.2) is 91.1 Å². The fraction of sp³-hybridized carbons (Fsp3) is 0.182. The topological polar surface area (TPSA) is 72.7 Å². The molecule has 0 spiro atoms. The van der Waals surface area contributed by atoms with Crippen molar-refractivity contribution in [1.82, 2.24) is 14.7 Å². The van der Waals surface area contributed by atoms with Crippen LogP contribution in [0.3, 0.4) is 0 Å². The first-order chi connectivity index (χ1) is 20.1. The first-order valence-corrected chi connectivity index (χ1v) is 13.3. The van der Waals surface area contributed by atoms with Gasteiger partial charge in [0.15, 0.2) is 5.78 Å². The molecule has 3 aromatic carbocycles. The van der Waals surface area contributed by atoms with E-state index in [-0.39, 0.29) is 24.7 Å². The summed E-state index contributed by atoms with van der Waals surface area (Å²) < 4.78 is 46.6. The lowest BCUT2D eigenvalue weighted by Crippen LogP contribution is -2.23. The lowest BCUT2D eigenvalue weighted by atomic mass is 10.0. The molecule has 2 heterocycles. The smallest absolute Gasteiger partial charge is 0.416 e. The second-order valence-electron chi connectivity index (χ2n) is 9.89. The number of pyridine rings is 1. The van der Waals surface area contributed by atoms with E-state index in [1.54, 1.807) is 25.3 Å².